The van der Waals surface area contributed by atoms with E-state index in [0.29, 0.717) is 12.0 Å². The van der Waals surface area contributed by atoms with E-state index in [1.165, 1.54) is 24.8 Å². The van der Waals surface area contributed by atoms with Crippen LogP contribution in [-0.2, 0) is 0 Å². The van der Waals surface area contributed by atoms with Gasteiger partial charge in [-0.2, -0.15) is 0 Å². The molecule has 2 atom stereocenters. The molecule has 1 fully saturated rings. The normalized spacial score (nSPS) is 24.6. The Balaban J connectivity index is 2.16. The summed E-state index contributed by atoms with van der Waals surface area (Å²) in [5, 5.41) is 3.42. The Bertz CT molecular complexity index is 337. The van der Waals surface area contributed by atoms with Gasteiger partial charge in [0.25, 0.3) is 0 Å². The highest BCUT2D eigenvalue weighted by molar-refractivity contribution is 5.32. The minimum Gasteiger partial charge on any atom is -0.494 e. The summed E-state index contributed by atoms with van der Waals surface area (Å²) in [5.41, 5.74) is 1.42. The van der Waals surface area contributed by atoms with Crippen molar-refractivity contribution >= 4 is 0 Å². The highest BCUT2D eigenvalue weighted by atomic mass is 16.5. The van der Waals surface area contributed by atoms with Gasteiger partial charge < -0.3 is 10.1 Å². The van der Waals surface area contributed by atoms with Crippen molar-refractivity contribution in [3.63, 3.8) is 0 Å². The predicted octanol–water partition coefficient (Wildman–Crippen LogP) is 2.94. The summed E-state index contributed by atoms with van der Waals surface area (Å²) in [6.07, 6.45) is 3.91. The van der Waals surface area contributed by atoms with Crippen molar-refractivity contribution in [2.45, 2.75) is 38.1 Å². The van der Waals surface area contributed by atoms with Crippen LogP contribution in [0.4, 0.5) is 0 Å². The zero-order chi connectivity index (χ0) is 11.4. The smallest absolute Gasteiger partial charge is 0.119 e. The molecule has 2 nitrogen and oxygen atoms in total. The summed E-state index contributed by atoms with van der Waals surface area (Å²) in [6, 6.07) is 9.20. The van der Waals surface area contributed by atoms with Crippen molar-refractivity contribution < 1.29 is 4.74 Å². The molecular formula is C14H21NO. The molecule has 2 rings (SSSR count). The highest BCUT2D eigenvalue weighted by Gasteiger charge is 2.27. The van der Waals surface area contributed by atoms with Crippen LogP contribution >= 0.6 is 0 Å². The summed E-state index contributed by atoms with van der Waals surface area (Å²) in [7, 11) is 2.06. The van der Waals surface area contributed by atoms with Crippen LogP contribution in [0.2, 0.25) is 0 Å². The Kier molecular flexibility index (Phi) is 3.83. The van der Waals surface area contributed by atoms with E-state index in [1.54, 1.807) is 0 Å². The van der Waals surface area contributed by atoms with Crippen molar-refractivity contribution in [3.8, 4) is 5.75 Å². The van der Waals surface area contributed by atoms with Gasteiger partial charge >= 0.3 is 0 Å². The maximum atomic E-state index is 5.55. The molecule has 2 heteroatoms. The molecule has 0 spiro atoms. The molecule has 1 aliphatic rings. The van der Waals surface area contributed by atoms with Crippen molar-refractivity contribution in [1.82, 2.24) is 5.32 Å². The average molecular weight is 219 g/mol. The fraction of sp³-hybridized carbons (Fsp3) is 0.571. The Hall–Kier alpha value is -1.02. The van der Waals surface area contributed by atoms with Gasteiger partial charge in [0, 0.05) is 6.04 Å². The van der Waals surface area contributed by atoms with Gasteiger partial charge in [-0.15, -0.1) is 0 Å². The van der Waals surface area contributed by atoms with E-state index in [0.717, 1.165) is 12.4 Å². The molecule has 0 saturated heterocycles. The van der Waals surface area contributed by atoms with E-state index < -0.39 is 0 Å². The SMILES string of the molecule is CCOc1cccc(C2CCCC2NC)c1. The lowest BCUT2D eigenvalue weighted by molar-refractivity contribution is 0.339. The van der Waals surface area contributed by atoms with E-state index >= 15 is 0 Å². The molecule has 2 unspecified atom stereocenters. The number of benzene rings is 1. The van der Waals surface area contributed by atoms with Gasteiger partial charge in [0.15, 0.2) is 0 Å². The number of likely N-dealkylation sites (N-methyl/N-ethyl adjacent to an activating group) is 1. The topological polar surface area (TPSA) is 21.3 Å². The molecule has 0 bridgehead atoms. The highest BCUT2D eigenvalue weighted by Crippen LogP contribution is 2.35. The first kappa shape index (κ1) is 11.5. The Labute approximate surface area is 98.0 Å². The number of rotatable bonds is 4. The molecule has 0 amide bonds. The number of hydrogen-bond donors (Lipinski definition) is 1. The predicted molar refractivity (Wildman–Crippen MR) is 67.1 cm³/mol. The number of ether oxygens (including phenoxy) is 1. The van der Waals surface area contributed by atoms with E-state index in [4.69, 9.17) is 4.74 Å². The van der Waals surface area contributed by atoms with Crippen molar-refractivity contribution in [1.29, 1.82) is 0 Å². The lowest BCUT2D eigenvalue weighted by atomic mass is 9.94. The Morgan fingerprint density at radius 3 is 3.00 bits per heavy atom. The zero-order valence-corrected chi connectivity index (χ0v) is 10.2. The largest absolute Gasteiger partial charge is 0.494 e. The molecule has 0 heterocycles. The minimum absolute atomic E-state index is 0.636. The van der Waals surface area contributed by atoms with Gasteiger partial charge in [-0.3, -0.25) is 0 Å². The lowest BCUT2D eigenvalue weighted by Crippen LogP contribution is -2.27. The van der Waals surface area contributed by atoms with E-state index in [-0.39, 0.29) is 0 Å². The molecule has 1 saturated carbocycles. The first-order valence-electron chi connectivity index (χ1n) is 6.25. The summed E-state index contributed by atoms with van der Waals surface area (Å²) in [6.45, 7) is 2.77. The molecule has 88 valence electrons. The van der Waals surface area contributed by atoms with Crippen LogP contribution in [-0.4, -0.2) is 19.7 Å². The van der Waals surface area contributed by atoms with Gasteiger partial charge in [0.1, 0.15) is 5.75 Å². The third-order valence-electron chi connectivity index (χ3n) is 3.48. The maximum absolute atomic E-state index is 5.55. The summed E-state index contributed by atoms with van der Waals surface area (Å²) >= 11 is 0. The van der Waals surface area contributed by atoms with Crippen LogP contribution in [0.25, 0.3) is 0 Å². The fourth-order valence-electron chi connectivity index (χ4n) is 2.71. The molecule has 0 aromatic heterocycles. The summed E-state index contributed by atoms with van der Waals surface area (Å²) < 4.78 is 5.55. The molecule has 1 aromatic carbocycles. The zero-order valence-electron chi connectivity index (χ0n) is 10.2. The van der Waals surface area contributed by atoms with Gasteiger partial charge in [0.2, 0.25) is 0 Å². The third-order valence-corrected chi connectivity index (χ3v) is 3.48. The molecule has 1 N–H and O–H groups in total. The number of nitrogens with one attached hydrogen (secondary N) is 1. The van der Waals surface area contributed by atoms with E-state index in [2.05, 4.69) is 30.6 Å². The van der Waals surface area contributed by atoms with Crippen molar-refractivity contribution in [3.05, 3.63) is 29.8 Å². The number of hydrogen-bond acceptors (Lipinski definition) is 2. The van der Waals surface area contributed by atoms with Gasteiger partial charge in [-0.25, -0.2) is 0 Å². The minimum atomic E-state index is 0.636. The lowest BCUT2D eigenvalue weighted by Gasteiger charge is -2.19. The molecule has 0 aliphatic heterocycles. The van der Waals surface area contributed by atoms with Crippen LogP contribution in [0.15, 0.2) is 24.3 Å². The van der Waals surface area contributed by atoms with Gasteiger partial charge in [0.05, 0.1) is 6.61 Å². The Morgan fingerprint density at radius 1 is 1.38 bits per heavy atom. The Morgan fingerprint density at radius 2 is 2.25 bits per heavy atom. The molecule has 0 radical (unpaired) electrons. The van der Waals surface area contributed by atoms with E-state index in [9.17, 15) is 0 Å². The van der Waals surface area contributed by atoms with Crippen LogP contribution in [0.1, 0.15) is 37.7 Å². The van der Waals surface area contributed by atoms with Crippen molar-refractivity contribution in [2.75, 3.05) is 13.7 Å². The monoisotopic (exact) mass is 219 g/mol. The molecular weight excluding hydrogens is 198 g/mol. The van der Waals surface area contributed by atoms with Gasteiger partial charge in [-0.05, 0) is 50.4 Å². The van der Waals surface area contributed by atoms with Crippen LogP contribution in [0, 0.1) is 0 Å². The molecule has 1 aliphatic carbocycles. The first-order chi connectivity index (χ1) is 7.85. The van der Waals surface area contributed by atoms with Crippen LogP contribution in [0.5, 0.6) is 5.75 Å². The molecule has 1 aromatic rings. The first-order valence-corrected chi connectivity index (χ1v) is 6.25. The third kappa shape index (κ3) is 2.38. The summed E-state index contributed by atoms with van der Waals surface area (Å²) in [4.78, 5) is 0. The van der Waals surface area contributed by atoms with Crippen molar-refractivity contribution in [2.24, 2.45) is 0 Å². The van der Waals surface area contributed by atoms with Gasteiger partial charge in [-0.1, -0.05) is 18.6 Å². The maximum Gasteiger partial charge on any atom is 0.119 e. The van der Waals surface area contributed by atoms with Crippen LogP contribution < -0.4 is 10.1 Å². The molecule has 16 heavy (non-hydrogen) atoms. The fourth-order valence-corrected chi connectivity index (χ4v) is 2.71. The standard InChI is InChI=1S/C14H21NO/c1-3-16-12-7-4-6-11(10-12)13-8-5-9-14(13)15-2/h4,6-7,10,13-15H,3,5,8-9H2,1-2H3. The second-order valence-electron chi connectivity index (χ2n) is 4.44. The average Bonchev–Trinajstić information content (AvgIpc) is 2.78. The van der Waals surface area contributed by atoms with E-state index in [1.807, 2.05) is 13.0 Å². The van der Waals surface area contributed by atoms with Crippen LogP contribution in [0.3, 0.4) is 0 Å². The summed E-state index contributed by atoms with van der Waals surface area (Å²) in [5.74, 6) is 1.66. The quantitative estimate of drug-likeness (QED) is 0.840. The second-order valence-corrected chi connectivity index (χ2v) is 4.44. The second kappa shape index (κ2) is 5.35.